The molecule has 0 fully saturated rings. The number of hydrogen-bond acceptors (Lipinski definition) is 3. The highest BCUT2D eigenvalue weighted by Crippen LogP contribution is 2.03. The van der Waals surface area contributed by atoms with Crippen molar-refractivity contribution in [2.45, 2.75) is 20.3 Å². The van der Waals surface area contributed by atoms with Gasteiger partial charge in [-0.05, 0) is 6.42 Å². The minimum Gasteiger partial charge on any atom is -0.460 e. The Balaban J connectivity index is 3.73. The first-order valence-electron chi connectivity index (χ1n) is 3.86. The number of carbonyl (C=O) groups is 1. The molecule has 1 unspecified atom stereocenters. The van der Waals surface area contributed by atoms with Gasteiger partial charge in [-0.2, -0.15) is 5.26 Å². The third-order valence-electron chi connectivity index (χ3n) is 1.56. The lowest BCUT2D eigenvalue weighted by molar-refractivity contribution is -0.146. The number of esters is 1. The van der Waals surface area contributed by atoms with Gasteiger partial charge in [0.05, 0.1) is 17.6 Å². The number of nitrogens with zero attached hydrogens (tertiary/aromatic N) is 1. The van der Waals surface area contributed by atoms with Gasteiger partial charge in [-0.25, -0.2) is 0 Å². The molecule has 0 aromatic heterocycles. The highest BCUT2D eigenvalue weighted by Gasteiger charge is 2.11. The van der Waals surface area contributed by atoms with E-state index in [1.54, 1.807) is 13.0 Å². The van der Waals surface area contributed by atoms with Crippen LogP contribution in [0.15, 0.2) is 12.2 Å². The molecule has 0 aromatic carbocycles. The van der Waals surface area contributed by atoms with Crippen LogP contribution >= 0.6 is 0 Å². The summed E-state index contributed by atoms with van der Waals surface area (Å²) in [5.41, 5.74) is 0.270. The standard InChI is InChI=1S/C9H13NO2/c1-4-8(3)9(11)12-6-7(2)5-10/h8H,2,4,6H2,1,3H3. The SMILES string of the molecule is C=C(C#N)COC(=O)C(C)CC. The van der Waals surface area contributed by atoms with E-state index in [0.717, 1.165) is 6.42 Å². The summed E-state index contributed by atoms with van der Waals surface area (Å²) in [6.07, 6.45) is 0.748. The Kier molecular flexibility index (Phi) is 4.78. The fraction of sp³-hybridized carbons (Fsp3) is 0.556. The van der Waals surface area contributed by atoms with Crippen molar-refractivity contribution in [1.29, 1.82) is 5.26 Å². The number of ether oxygens (including phenoxy) is 1. The maximum atomic E-state index is 11.0. The zero-order valence-electron chi connectivity index (χ0n) is 7.46. The molecule has 0 amide bonds. The van der Waals surface area contributed by atoms with Crippen molar-refractivity contribution in [3.8, 4) is 6.07 Å². The molecule has 66 valence electrons. The van der Waals surface area contributed by atoms with Gasteiger partial charge in [0.1, 0.15) is 6.61 Å². The van der Waals surface area contributed by atoms with Gasteiger partial charge in [-0.15, -0.1) is 0 Å². The van der Waals surface area contributed by atoms with Gasteiger partial charge in [-0.1, -0.05) is 20.4 Å². The van der Waals surface area contributed by atoms with Gasteiger partial charge >= 0.3 is 5.97 Å². The highest BCUT2D eigenvalue weighted by molar-refractivity contribution is 5.72. The Morgan fingerprint density at radius 2 is 2.33 bits per heavy atom. The van der Waals surface area contributed by atoms with Crippen LogP contribution < -0.4 is 0 Å². The predicted molar refractivity (Wildman–Crippen MR) is 45.2 cm³/mol. The van der Waals surface area contributed by atoms with Crippen molar-refractivity contribution in [2.75, 3.05) is 6.61 Å². The molecule has 0 saturated carbocycles. The lowest BCUT2D eigenvalue weighted by atomic mass is 10.1. The van der Waals surface area contributed by atoms with E-state index in [9.17, 15) is 4.79 Å². The number of nitriles is 1. The fourth-order valence-corrected chi connectivity index (χ4v) is 0.499. The van der Waals surface area contributed by atoms with Crippen LogP contribution in [0.25, 0.3) is 0 Å². The van der Waals surface area contributed by atoms with Gasteiger partial charge in [0.15, 0.2) is 0 Å². The Hall–Kier alpha value is -1.30. The van der Waals surface area contributed by atoms with E-state index in [2.05, 4.69) is 6.58 Å². The Bertz CT molecular complexity index is 215. The molecule has 0 radical (unpaired) electrons. The van der Waals surface area contributed by atoms with Crippen molar-refractivity contribution in [3.05, 3.63) is 12.2 Å². The van der Waals surface area contributed by atoms with Gasteiger partial charge in [0, 0.05) is 0 Å². The summed E-state index contributed by atoms with van der Waals surface area (Å²) in [4.78, 5) is 11.0. The van der Waals surface area contributed by atoms with Crippen LogP contribution in [0.1, 0.15) is 20.3 Å². The number of carbonyl (C=O) groups excluding carboxylic acids is 1. The summed E-state index contributed by atoms with van der Waals surface area (Å²) >= 11 is 0. The molecule has 0 aliphatic carbocycles. The first-order chi connectivity index (χ1) is 5.61. The summed E-state index contributed by atoms with van der Waals surface area (Å²) in [5, 5.41) is 8.30. The van der Waals surface area contributed by atoms with E-state index in [0.29, 0.717) is 0 Å². The molecule has 0 rings (SSSR count). The molecule has 3 heteroatoms. The second-order valence-electron chi connectivity index (χ2n) is 2.63. The summed E-state index contributed by atoms with van der Waals surface area (Å²) in [6, 6.07) is 1.81. The molecular weight excluding hydrogens is 154 g/mol. The second kappa shape index (κ2) is 5.36. The Labute approximate surface area is 72.6 Å². The van der Waals surface area contributed by atoms with Crippen LogP contribution in [0.5, 0.6) is 0 Å². The minimum absolute atomic E-state index is 0.0136. The summed E-state index contributed by atoms with van der Waals surface area (Å²) in [5.74, 6) is -0.370. The maximum Gasteiger partial charge on any atom is 0.308 e. The molecular formula is C9H13NO2. The summed E-state index contributed by atoms with van der Waals surface area (Å²) in [7, 11) is 0. The van der Waals surface area contributed by atoms with Crippen LogP contribution in [0, 0.1) is 17.2 Å². The maximum absolute atomic E-state index is 11.0. The molecule has 0 aliphatic heterocycles. The second-order valence-corrected chi connectivity index (χ2v) is 2.63. The molecule has 0 N–H and O–H groups in total. The van der Waals surface area contributed by atoms with Gasteiger partial charge in [0.2, 0.25) is 0 Å². The molecule has 12 heavy (non-hydrogen) atoms. The summed E-state index contributed by atoms with van der Waals surface area (Å²) in [6.45, 7) is 7.10. The topological polar surface area (TPSA) is 50.1 Å². The van der Waals surface area contributed by atoms with E-state index in [1.165, 1.54) is 0 Å². The van der Waals surface area contributed by atoms with Crippen LogP contribution in [-0.4, -0.2) is 12.6 Å². The third-order valence-corrected chi connectivity index (χ3v) is 1.56. The Morgan fingerprint density at radius 3 is 2.75 bits per heavy atom. The average Bonchev–Trinajstić information content (AvgIpc) is 2.11. The van der Waals surface area contributed by atoms with Crippen LogP contribution in [0.2, 0.25) is 0 Å². The van der Waals surface area contributed by atoms with Crippen LogP contribution in [-0.2, 0) is 9.53 Å². The van der Waals surface area contributed by atoms with Gasteiger partial charge in [-0.3, -0.25) is 4.79 Å². The first kappa shape index (κ1) is 10.7. The molecule has 0 aliphatic rings. The fourth-order valence-electron chi connectivity index (χ4n) is 0.499. The average molecular weight is 167 g/mol. The molecule has 0 spiro atoms. The van der Waals surface area contributed by atoms with E-state index in [1.807, 2.05) is 6.92 Å². The van der Waals surface area contributed by atoms with Crippen molar-refractivity contribution in [3.63, 3.8) is 0 Å². The molecule has 0 aromatic rings. The predicted octanol–water partition coefficient (Wildman–Crippen LogP) is 1.66. The van der Waals surface area contributed by atoms with E-state index in [-0.39, 0.29) is 24.1 Å². The largest absolute Gasteiger partial charge is 0.460 e. The van der Waals surface area contributed by atoms with E-state index in [4.69, 9.17) is 10.00 Å². The highest BCUT2D eigenvalue weighted by atomic mass is 16.5. The number of rotatable bonds is 4. The lowest BCUT2D eigenvalue weighted by Gasteiger charge is -2.07. The van der Waals surface area contributed by atoms with E-state index < -0.39 is 0 Å². The van der Waals surface area contributed by atoms with Crippen molar-refractivity contribution < 1.29 is 9.53 Å². The smallest absolute Gasteiger partial charge is 0.308 e. The lowest BCUT2D eigenvalue weighted by Crippen LogP contribution is -2.14. The normalized spacial score (nSPS) is 11.4. The number of hydrogen-bond donors (Lipinski definition) is 0. The zero-order chi connectivity index (χ0) is 9.56. The van der Waals surface area contributed by atoms with Gasteiger partial charge in [0.25, 0.3) is 0 Å². The minimum atomic E-state index is -0.270. The van der Waals surface area contributed by atoms with Crippen molar-refractivity contribution in [2.24, 2.45) is 5.92 Å². The van der Waals surface area contributed by atoms with E-state index >= 15 is 0 Å². The van der Waals surface area contributed by atoms with Gasteiger partial charge < -0.3 is 4.74 Å². The molecule has 1 atom stereocenters. The summed E-state index contributed by atoms with van der Waals surface area (Å²) < 4.78 is 4.79. The third kappa shape index (κ3) is 3.77. The first-order valence-corrected chi connectivity index (χ1v) is 3.86. The van der Waals surface area contributed by atoms with Crippen LogP contribution in [0.3, 0.4) is 0 Å². The molecule has 0 heterocycles. The molecule has 3 nitrogen and oxygen atoms in total. The molecule has 0 saturated heterocycles. The Morgan fingerprint density at radius 1 is 1.75 bits per heavy atom. The quantitative estimate of drug-likeness (QED) is 0.472. The molecule has 0 bridgehead atoms. The van der Waals surface area contributed by atoms with Crippen molar-refractivity contribution >= 4 is 5.97 Å². The van der Waals surface area contributed by atoms with Crippen molar-refractivity contribution in [1.82, 2.24) is 0 Å². The monoisotopic (exact) mass is 167 g/mol. The van der Waals surface area contributed by atoms with Crippen LogP contribution in [0.4, 0.5) is 0 Å². The zero-order valence-corrected chi connectivity index (χ0v) is 7.46.